The van der Waals surface area contributed by atoms with E-state index in [0.717, 1.165) is 24.8 Å². The number of benzene rings is 1. The first-order chi connectivity index (χ1) is 8.54. The molecule has 0 saturated heterocycles. The standard InChI is InChI=1S/C13H19NO3S/c1-18(16,17)14(9-10-15)13-8-4-6-11-5-2-3-7-12(11)13/h2-3,5,7,13,15H,4,6,8-10H2,1H3. The van der Waals surface area contributed by atoms with Crippen LogP contribution in [0.4, 0.5) is 0 Å². The summed E-state index contributed by atoms with van der Waals surface area (Å²) in [6, 6.07) is 7.85. The van der Waals surface area contributed by atoms with Crippen LogP contribution >= 0.6 is 0 Å². The van der Waals surface area contributed by atoms with Gasteiger partial charge in [0.25, 0.3) is 0 Å². The highest BCUT2D eigenvalue weighted by atomic mass is 32.2. The van der Waals surface area contributed by atoms with Crippen molar-refractivity contribution in [2.24, 2.45) is 0 Å². The summed E-state index contributed by atoms with van der Waals surface area (Å²) in [7, 11) is -3.30. The van der Waals surface area contributed by atoms with Crippen LogP contribution in [-0.4, -0.2) is 37.2 Å². The predicted octanol–water partition coefficient (Wildman–Crippen LogP) is 1.32. The number of fused-ring (bicyclic) bond motifs is 1. The van der Waals surface area contributed by atoms with Gasteiger partial charge in [-0.15, -0.1) is 0 Å². The van der Waals surface area contributed by atoms with Gasteiger partial charge in [0.1, 0.15) is 0 Å². The van der Waals surface area contributed by atoms with Crippen LogP contribution in [0, 0.1) is 0 Å². The lowest BCUT2D eigenvalue weighted by Gasteiger charge is -2.33. The maximum absolute atomic E-state index is 11.8. The van der Waals surface area contributed by atoms with Gasteiger partial charge in [0.2, 0.25) is 10.0 Å². The molecule has 0 fully saturated rings. The molecule has 1 aromatic rings. The zero-order valence-electron chi connectivity index (χ0n) is 10.5. The van der Waals surface area contributed by atoms with Crippen LogP contribution in [0.1, 0.15) is 30.0 Å². The zero-order chi connectivity index (χ0) is 13.2. The highest BCUT2D eigenvalue weighted by Gasteiger charge is 2.30. The number of nitrogens with zero attached hydrogens (tertiary/aromatic N) is 1. The molecule has 5 heteroatoms. The fourth-order valence-electron chi connectivity index (χ4n) is 2.68. The van der Waals surface area contributed by atoms with Crippen molar-refractivity contribution >= 4 is 10.0 Å². The maximum atomic E-state index is 11.8. The first kappa shape index (κ1) is 13.5. The molecule has 0 radical (unpaired) electrons. The Labute approximate surface area is 108 Å². The van der Waals surface area contributed by atoms with Crippen molar-refractivity contribution in [2.45, 2.75) is 25.3 Å². The Kier molecular flexibility index (Phi) is 4.04. The second-order valence-corrected chi connectivity index (χ2v) is 6.64. The third-order valence-electron chi connectivity index (χ3n) is 3.43. The third kappa shape index (κ3) is 2.74. The van der Waals surface area contributed by atoms with Gasteiger partial charge in [-0.05, 0) is 30.4 Å². The molecule has 2 rings (SSSR count). The summed E-state index contributed by atoms with van der Waals surface area (Å²) >= 11 is 0. The molecular formula is C13H19NO3S. The Morgan fingerprint density at radius 2 is 2.11 bits per heavy atom. The molecule has 1 atom stereocenters. The molecule has 100 valence electrons. The van der Waals surface area contributed by atoms with Gasteiger partial charge >= 0.3 is 0 Å². The fourth-order valence-corrected chi connectivity index (χ4v) is 3.77. The van der Waals surface area contributed by atoms with Gasteiger partial charge in [-0.2, -0.15) is 4.31 Å². The molecule has 1 aromatic carbocycles. The van der Waals surface area contributed by atoms with Crippen LogP contribution in [-0.2, 0) is 16.4 Å². The molecule has 0 saturated carbocycles. The topological polar surface area (TPSA) is 57.6 Å². The number of hydrogen-bond donors (Lipinski definition) is 1. The van der Waals surface area contributed by atoms with E-state index in [1.54, 1.807) is 0 Å². The van der Waals surface area contributed by atoms with Crippen LogP contribution in [0.15, 0.2) is 24.3 Å². The number of aliphatic hydroxyl groups excluding tert-OH is 1. The zero-order valence-corrected chi connectivity index (χ0v) is 11.4. The van der Waals surface area contributed by atoms with Gasteiger partial charge in [0, 0.05) is 6.54 Å². The van der Waals surface area contributed by atoms with E-state index >= 15 is 0 Å². The first-order valence-electron chi connectivity index (χ1n) is 6.19. The molecule has 1 aliphatic rings. The quantitative estimate of drug-likeness (QED) is 0.897. The van der Waals surface area contributed by atoms with Crippen LogP contribution < -0.4 is 0 Å². The van der Waals surface area contributed by atoms with E-state index in [1.807, 2.05) is 18.2 Å². The van der Waals surface area contributed by atoms with E-state index in [0.29, 0.717) is 0 Å². The van der Waals surface area contributed by atoms with Gasteiger partial charge in [-0.1, -0.05) is 24.3 Å². The minimum atomic E-state index is -3.30. The fraction of sp³-hybridized carbons (Fsp3) is 0.538. The molecule has 1 N–H and O–H groups in total. The van der Waals surface area contributed by atoms with E-state index < -0.39 is 10.0 Å². The summed E-state index contributed by atoms with van der Waals surface area (Å²) in [5, 5.41) is 9.07. The number of sulfonamides is 1. The molecule has 1 aliphatic carbocycles. The molecule has 4 nitrogen and oxygen atoms in total. The predicted molar refractivity (Wildman–Crippen MR) is 70.8 cm³/mol. The Morgan fingerprint density at radius 3 is 2.78 bits per heavy atom. The smallest absolute Gasteiger partial charge is 0.211 e. The van der Waals surface area contributed by atoms with Crippen molar-refractivity contribution in [1.82, 2.24) is 4.31 Å². The minimum absolute atomic E-state index is 0.128. The van der Waals surface area contributed by atoms with Crippen LogP contribution in [0.3, 0.4) is 0 Å². The van der Waals surface area contributed by atoms with Crippen molar-refractivity contribution in [3.63, 3.8) is 0 Å². The largest absolute Gasteiger partial charge is 0.395 e. The molecule has 1 unspecified atom stereocenters. The average Bonchev–Trinajstić information content (AvgIpc) is 2.34. The summed E-state index contributed by atoms with van der Waals surface area (Å²) in [5.41, 5.74) is 2.31. The maximum Gasteiger partial charge on any atom is 0.211 e. The highest BCUT2D eigenvalue weighted by molar-refractivity contribution is 7.88. The molecule has 0 spiro atoms. The van der Waals surface area contributed by atoms with Gasteiger partial charge in [0.05, 0.1) is 18.9 Å². The van der Waals surface area contributed by atoms with Crippen molar-refractivity contribution in [2.75, 3.05) is 19.4 Å². The van der Waals surface area contributed by atoms with Crippen LogP contribution in [0.25, 0.3) is 0 Å². The van der Waals surface area contributed by atoms with E-state index in [2.05, 4.69) is 6.07 Å². The summed E-state index contributed by atoms with van der Waals surface area (Å²) in [6.45, 7) is 0.0174. The summed E-state index contributed by atoms with van der Waals surface area (Å²) in [6.07, 6.45) is 4.02. The normalized spacial score (nSPS) is 19.8. The molecule has 18 heavy (non-hydrogen) atoms. The average molecular weight is 269 g/mol. The van der Waals surface area contributed by atoms with Crippen LogP contribution in [0.2, 0.25) is 0 Å². The van der Waals surface area contributed by atoms with Gasteiger partial charge < -0.3 is 5.11 Å². The number of aryl methyl sites for hydroxylation is 1. The second-order valence-electron chi connectivity index (χ2n) is 4.70. The molecule has 0 heterocycles. The summed E-state index contributed by atoms with van der Waals surface area (Å²) < 4.78 is 25.1. The van der Waals surface area contributed by atoms with Crippen LogP contribution in [0.5, 0.6) is 0 Å². The third-order valence-corrected chi connectivity index (χ3v) is 4.72. The number of rotatable bonds is 4. The lowest BCUT2D eigenvalue weighted by atomic mass is 9.88. The van der Waals surface area contributed by atoms with E-state index in [4.69, 9.17) is 5.11 Å². The second kappa shape index (κ2) is 5.38. The lowest BCUT2D eigenvalue weighted by Crippen LogP contribution is -2.37. The minimum Gasteiger partial charge on any atom is -0.395 e. The van der Waals surface area contributed by atoms with Gasteiger partial charge in [-0.25, -0.2) is 8.42 Å². The van der Waals surface area contributed by atoms with Crippen molar-refractivity contribution in [3.8, 4) is 0 Å². The molecule has 0 bridgehead atoms. The Hall–Kier alpha value is -0.910. The number of aliphatic hydroxyl groups is 1. The Bertz CT molecular complexity index is 513. The van der Waals surface area contributed by atoms with E-state index in [1.165, 1.54) is 16.1 Å². The van der Waals surface area contributed by atoms with Gasteiger partial charge in [0.15, 0.2) is 0 Å². The highest BCUT2D eigenvalue weighted by Crippen LogP contribution is 2.35. The van der Waals surface area contributed by atoms with E-state index in [-0.39, 0.29) is 19.2 Å². The number of hydrogen-bond acceptors (Lipinski definition) is 3. The SMILES string of the molecule is CS(=O)(=O)N(CCO)C1CCCc2ccccc21. The van der Waals surface area contributed by atoms with Crippen molar-refractivity contribution in [3.05, 3.63) is 35.4 Å². The molecule has 0 amide bonds. The summed E-state index contributed by atoms with van der Waals surface area (Å²) in [5.74, 6) is 0. The van der Waals surface area contributed by atoms with E-state index in [9.17, 15) is 8.42 Å². The van der Waals surface area contributed by atoms with Gasteiger partial charge in [-0.3, -0.25) is 0 Å². The Morgan fingerprint density at radius 1 is 1.39 bits per heavy atom. The molecule has 0 aromatic heterocycles. The first-order valence-corrected chi connectivity index (χ1v) is 8.04. The summed E-state index contributed by atoms with van der Waals surface area (Å²) in [4.78, 5) is 0. The van der Waals surface area contributed by atoms with Crippen molar-refractivity contribution < 1.29 is 13.5 Å². The monoisotopic (exact) mass is 269 g/mol. The Balaban J connectivity index is 2.39. The molecular weight excluding hydrogens is 250 g/mol. The van der Waals surface area contributed by atoms with Crippen molar-refractivity contribution in [1.29, 1.82) is 0 Å². The lowest BCUT2D eigenvalue weighted by molar-refractivity contribution is 0.216. The molecule has 0 aliphatic heterocycles.